The Hall–Kier alpha value is -1.89. The van der Waals surface area contributed by atoms with E-state index in [0.717, 1.165) is 0 Å². The van der Waals surface area contributed by atoms with E-state index in [-0.39, 0.29) is 10.8 Å². The van der Waals surface area contributed by atoms with E-state index in [9.17, 15) is 0 Å². The smallest absolute Gasteiger partial charge is 0.0748 e. The number of rotatable bonds is 0. The van der Waals surface area contributed by atoms with Gasteiger partial charge in [0.1, 0.15) is 0 Å². The molecule has 2 aromatic rings. The molecule has 4 rings (SSSR count). The number of hydrogen-bond donors (Lipinski definition) is 0. The van der Waals surface area contributed by atoms with Gasteiger partial charge in [0.2, 0.25) is 0 Å². The Morgan fingerprint density at radius 1 is 0.800 bits per heavy atom. The van der Waals surface area contributed by atoms with Crippen molar-refractivity contribution in [3.63, 3.8) is 0 Å². The van der Waals surface area contributed by atoms with Gasteiger partial charge in [-0.2, -0.15) is 0 Å². The number of benzene rings is 1. The van der Waals surface area contributed by atoms with Gasteiger partial charge in [0, 0.05) is 22.6 Å². The summed E-state index contributed by atoms with van der Waals surface area (Å²) in [5.74, 6) is 0. The van der Waals surface area contributed by atoms with E-state index in [4.69, 9.17) is 4.98 Å². The Bertz CT molecular complexity index is 699. The quantitative estimate of drug-likeness (QED) is 0.682. The molecule has 1 heteroatoms. The maximum atomic E-state index is 4.70. The molecule has 0 bridgehead atoms. The molecule has 2 aliphatic carbocycles. The summed E-state index contributed by atoms with van der Waals surface area (Å²) in [6, 6.07) is 13.1. The van der Waals surface area contributed by atoms with Gasteiger partial charge >= 0.3 is 0 Å². The molecule has 0 saturated heterocycles. The lowest BCUT2D eigenvalue weighted by Crippen LogP contribution is -2.30. The standard InChI is InChI=1S/C19H19N/c1-18(2)13-9-6-5-8-12(13)15-16-14(10-7-11-20-16)19(3,4)17(15)18/h5-11H,1-4H3. The van der Waals surface area contributed by atoms with Crippen molar-refractivity contribution in [1.82, 2.24) is 4.98 Å². The zero-order chi connectivity index (χ0) is 14.1. The number of allylic oxidation sites excluding steroid dienone is 1. The summed E-state index contributed by atoms with van der Waals surface area (Å²) in [6.07, 6.45) is 1.92. The van der Waals surface area contributed by atoms with Crippen LogP contribution in [0.15, 0.2) is 48.2 Å². The minimum atomic E-state index is 0.0570. The summed E-state index contributed by atoms with van der Waals surface area (Å²) >= 11 is 0. The number of aromatic nitrogens is 1. The molecule has 0 fully saturated rings. The average molecular weight is 261 g/mol. The molecular formula is C19H19N. The Morgan fingerprint density at radius 3 is 2.25 bits per heavy atom. The van der Waals surface area contributed by atoms with E-state index in [1.165, 1.54) is 33.5 Å². The maximum Gasteiger partial charge on any atom is 0.0748 e. The molecule has 0 amide bonds. The van der Waals surface area contributed by atoms with E-state index in [2.05, 4.69) is 64.1 Å². The second-order valence-corrected chi connectivity index (χ2v) is 6.95. The molecule has 1 aromatic heterocycles. The van der Waals surface area contributed by atoms with Crippen LogP contribution in [0.4, 0.5) is 0 Å². The fourth-order valence-corrected chi connectivity index (χ4v) is 4.41. The SMILES string of the molecule is CC1(C)C2=C(c3ccccc31)c1ncccc1C2(C)C. The van der Waals surface area contributed by atoms with Crippen LogP contribution < -0.4 is 0 Å². The molecular weight excluding hydrogens is 242 g/mol. The number of nitrogens with zero attached hydrogens (tertiary/aromatic N) is 1. The second-order valence-electron chi connectivity index (χ2n) is 6.95. The molecule has 0 saturated carbocycles. The van der Waals surface area contributed by atoms with Gasteiger partial charge in [-0.05, 0) is 28.3 Å². The van der Waals surface area contributed by atoms with Gasteiger partial charge in [-0.1, -0.05) is 58.0 Å². The highest BCUT2D eigenvalue weighted by Crippen LogP contribution is 2.60. The summed E-state index contributed by atoms with van der Waals surface area (Å²) in [6.45, 7) is 9.37. The van der Waals surface area contributed by atoms with Gasteiger partial charge in [0.05, 0.1) is 5.69 Å². The van der Waals surface area contributed by atoms with Gasteiger partial charge in [-0.25, -0.2) is 0 Å². The first-order chi connectivity index (χ1) is 9.45. The third-order valence-corrected chi connectivity index (χ3v) is 5.09. The third-order valence-electron chi connectivity index (χ3n) is 5.09. The van der Waals surface area contributed by atoms with Gasteiger partial charge in [0.15, 0.2) is 0 Å². The normalized spacial score (nSPS) is 20.6. The van der Waals surface area contributed by atoms with E-state index < -0.39 is 0 Å². The van der Waals surface area contributed by atoms with Crippen molar-refractivity contribution in [2.75, 3.05) is 0 Å². The molecule has 0 N–H and O–H groups in total. The van der Waals surface area contributed by atoms with Crippen molar-refractivity contribution >= 4 is 5.57 Å². The van der Waals surface area contributed by atoms with Crippen LogP contribution in [0, 0.1) is 0 Å². The zero-order valence-corrected chi connectivity index (χ0v) is 12.5. The first-order valence-electron chi connectivity index (χ1n) is 7.26. The molecule has 0 aliphatic heterocycles. The molecule has 0 atom stereocenters. The number of fused-ring (bicyclic) bond motifs is 4. The Labute approximate surface area is 120 Å². The lowest BCUT2D eigenvalue weighted by molar-refractivity contribution is 0.504. The van der Waals surface area contributed by atoms with Crippen LogP contribution in [0.3, 0.4) is 0 Å². The minimum Gasteiger partial charge on any atom is -0.256 e. The van der Waals surface area contributed by atoms with Crippen molar-refractivity contribution in [3.05, 3.63) is 70.6 Å². The molecule has 20 heavy (non-hydrogen) atoms. The van der Waals surface area contributed by atoms with E-state index in [1.807, 2.05) is 6.20 Å². The van der Waals surface area contributed by atoms with E-state index in [1.54, 1.807) is 0 Å². The molecule has 1 heterocycles. The monoisotopic (exact) mass is 261 g/mol. The highest BCUT2D eigenvalue weighted by molar-refractivity contribution is 5.95. The van der Waals surface area contributed by atoms with Gasteiger partial charge in [-0.3, -0.25) is 4.98 Å². The molecule has 1 nitrogen and oxygen atoms in total. The minimum absolute atomic E-state index is 0.0570. The molecule has 0 spiro atoms. The van der Waals surface area contributed by atoms with Gasteiger partial charge < -0.3 is 0 Å². The third kappa shape index (κ3) is 1.17. The molecule has 2 aliphatic rings. The fraction of sp³-hybridized carbons (Fsp3) is 0.316. The Balaban J connectivity index is 2.14. The van der Waals surface area contributed by atoms with Crippen LogP contribution in [0.2, 0.25) is 0 Å². The first kappa shape index (κ1) is 11.9. The predicted octanol–water partition coefficient (Wildman–Crippen LogP) is 4.47. The summed E-state index contributed by atoms with van der Waals surface area (Å²) in [7, 11) is 0. The summed E-state index contributed by atoms with van der Waals surface area (Å²) < 4.78 is 0. The zero-order valence-electron chi connectivity index (χ0n) is 12.5. The Kier molecular flexibility index (Phi) is 2.03. The van der Waals surface area contributed by atoms with Crippen molar-refractivity contribution in [2.24, 2.45) is 0 Å². The number of pyridine rings is 1. The number of hydrogen-bond acceptors (Lipinski definition) is 1. The Morgan fingerprint density at radius 2 is 1.45 bits per heavy atom. The second kappa shape index (κ2) is 3.41. The van der Waals surface area contributed by atoms with Crippen molar-refractivity contribution in [2.45, 2.75) is 38.5 Å². The van der Waals surface area contributed by atoms with E-state index in [0.29, 0.717) is 0 Å². The van der Waals surface area contributed by atoms with Crippen LogP contribution in [-0.4, -0.2) is 4.98 Å². The summed E-state index contributed by atoms with van der Waals surface area (Å²) in [5.41, 5.74) is 8.41. The average Bonchev–Trinajstić information content (AvgIpc) is 2.82. The molecule has 0 unspecified atom stereocenters. The van der Waals surface area contributed by atoms with Crippen molar-refractivity contribution in [3.8, 4) is 0 Å². The lowest BCUT2D eigenvalue weighted by atomic mass is 9.68. The fourth-order valence-electron chi connectivity index (χ4n) is 4.41. The maximum absolute atomic E-state index is 4.70. The largest absolute Gasteiger partial charge is 0.256 e. The van der Waals surface area contributed by atoms with Crippen LogP contribution in [0.25, 0.3) is 5.57 Å². The van der Waals surface area contributed by atoms with E-state index >= 15 is 0 Å². The molecule has 100 valence electrons. The predicted molar refractivity (Wildman–Crippen MR) is 82.8 cm³/mol. The first-order valence-corrected chi connectivity index (χ1v) is 7.26. The summed E-state index contributed by atoms with van der Waals surface area (Å²) in [4.78, 5) is 4.70. The van der Waals surface area contributed by atoms with Crippen LogP contribution in [0.1, 0.15) is 50.1 Å². The summed E-state index contributed by atoms with van der Waals surface area (Å²) in [5, 5.41) is 0. The molecule has 1 aromatic carbocycles. The van der Waals surface area contributed by atoms with Gasteiger partial charge in [0.25, 0.3) is 0 Å². The van der Waals surface area contributed by atoms with Gasteiger partial charge in [-0.15, -0.1) is 0 Å². The van der Waals surface area contributed by atoms with Crippen LogP contribution in [0.5, 0.6) is 0 Å². The highest BCUT2D eigenvalue weighted by atomic mass is 14.7. The van der Waals surface area contributed by atoms with Crippen LogP contribution >= 0.6 is 0 Å². The highest BCUT2D eigenvalue weighted by Gasteiger charge is 2.50. The van der Waals surface area contributed by atoms with Crippen molar-refractivity contribution < 1.29 is 0 Å². The topological polar surface area (TPSA) is 12.9 Å². The van der Waals surface area contributed by atoms with Crippen molar-refractivity contribution in [1.29, 1.82) is 0 Å². The lowest BCUT2D eigenvalue weighted by Gasteiger charge is -2.34. The van der Waals surface area contributed by atoms with Crippen LogP contribution in [-0.2, 0) is 10.8 Å². The molecule has 0 radical (unpaired) electrons.